The normalized spacial score (nSPS) is 14.6. The molecule has 1 aromatic heterocycles. The summed E-state index contributed by atoms with van der Waals surface area (Å²) in [4.78, 5) is 52.2. The Morgan fingerprint density at radius 3 is 2.37 bits per heavy atom. The van der Waals surface area contributed by atoms with Gasteiger partial charge in [-0.1, -0.05) is 24.8 Å². The first kappa shape index (κ1) is 36.9. The zero-order chi connectivity index (χ0) is 36.2. The van der Waals surface area contributed by atoms with Gasteiger partial charge in [-0.15, -0.1) is 0 Å². The lowest BCUT2D eigenvalue weighted by molar-refractivity contribution is -0.137. The fourth-order valence-electron chi connectivity index (χ4n) is 6.00. The molecule has 1 atom stereocenters. The van der Waals surface area contributed by atoms with Crippen LogP contribution in [0.1, 0.15) is 35.2 Å². The van der Waals surface area contributed by atoms with Crippen LogP contribution in [0, 0.1) is 13.8 Å². The number of para-hydroxylation sites is 1. The molecule has 2 aromatic carbocycles. The number of pyridine rings is 1. The lowest BCUT2D eigenvalue weighted by Gasteiger charge is -2.32. The van der Waals surface area contributed by atoms with Gasteiger partial charge < -0.3 is 24.9 Å². The summed E-state index contributed by atoms with van der Waals surface area (Å²) >= 11 is 0. The highest BCUT2D eigenvalue weighted by Gasteiger charge is 2.41. The van der Waals surface area contributed by atoms with E-state index in [1.54, 1.807) is 13.1 Å². The number of carbonyl (C=O) groups is 3. The van der Waals surface area contributed by atoms with E-state index >= 15 is 0 Å². The van der Waals surface area contributed by atoms with E-state index in [-0.39, 0.29) is 30.3 Å². The minimum atomic E-state index is -4.63. The maximum absolute atomic E-state index is 14.1. The van der Waals surface area contributed by atoms with Crippen LogP contribution >= 0.6 is 0 Å². The van der Waals surface area contributed by atoms with Crippen molar-refractivity contribution >= 4 is 46.3 Å². The molecule has 3 aromatic rings. The van der Waals surface area contributed by atoms with Crippen molar-refractivity contribution in [2.24, 2.45) is 0 Å². The lowest BCUT2D eigenvalue weighted by atomic mass is 10.1. The number of anilines is 5. The average Bonchev–Trinajstić information content (AvgIpc) is 3.43. The number of rotatable bonds is 12. The second-order valence-corrected chi connectivity index (χ2v) is 12.6. The molecule has 13 heteroatoms. The summed E-state index contributed by atoms with van der Waals surface area (Å²) in [5.74, 6) is -1.40. The number of aromatic nitrogens is 1. The van der Waals surface area contributed by atoms with Crippen molar-refractivity contribution in [3.8, 4) is 0 Å². The van der Waals surface area contributed by atoms with Crippen molar-refractivity contribution < 1.29 is 27.6 Å². The van der Waals surface area contributed by atoms with Gasteiger partial charge in [0.1, 0.15) is 11.9 Å². The van der Waals surface area contributed by atoms with Crippen LogP contribution in [-0.4, -0.2) is 82.0 Å². The molecule has 0 spiro atoms. The molecule has 49 heavy (non-hydrogen) atoms. The van der Waals surface area contributed by atoms with Crippen molar-refractivity contribution in [2.75, 3.05) is 73.2 Å². The smallest absolute Gasteiger partial charge is 0.372 e. The number of nitrogens with one attached hydrogen (secondary N) is 1. The number of aryl methyl sites for hydroxylation is 2. The molecule has 1 N–H and O–H groups in total. The topological polar surface area (TPSA) is 92.3 Å². The van der Waals surface area contributed by atoms with E-state index in [0.29, 0.717) is 24.5 Å². The van der Waals surface area contributed by atoms with Crippen LogP contribution in [0.4, 0.5) is 41.7 Å². The second kappa shape index (κ2) is 15.1. The maximum Gasteiger partial charge on any atom is 0.416 e. The van der Waals surface area contributed by atoms with Crippen LogP contribution in [0.25, 0.3) is 0 Å². The Bertz CT molecular complexity index is 1730. The molecule has 0 radical (unpaired) electrons. The fourth-order valence-corrected chi connectivity index (χ4v) is 6.00. The average molecular weight is 680 g/mol. The number of amides is 3. The Morgan fingerprint density at radius 2 is 1.71 bits per heavy atom. The lowest BCUT2D eigenvalue weighted by Crippen LogP contribution is -2.46. The Balaban J connectivity index is 1.64. The predicted molar refractivity (Wildman–Crippen MR) is 188 cm³/mol. The summed E-state index contributed by atoms with van der Waals surface area (Å²) in [5.41, 5.74) is 3.85. The van der Waals surface area contributed by atoms with Gasteiger partial charge in [-0.25, -0.2) is 4.98 Å². The predicted octanol–water partition coefficient (Wildman–Crippen LogP) is 5.63. The first-order valence-corrected chi connectivity index (χ1v) is 15.9. The molecular formula is C36H44F3N7O3. The summed E-state index contributed by atoms with van der Waals surface area (Å²) in [7, 11) is 9.46. The van der Waals surface area contributed by atoms with Gasteiger partial charge in [-0.05, 0) is 81.9 Å². The van der Waals surface area contributed by atoms with Gasteiger partial charge in [0.05, 0.1) is 28.3 Å². The summed E-state index contributed by atoms with van der Waals surface area (Å²) < 4.78 is 40.9. The standard InChI is InChI=1S/C36H44F3N7O3/c1-9-32(47)41-27-14-13-25(20-30(27)43(6)18-17-42(4)5)22-44(7)34-23(2)11-10-12-28(34)45(8)35(49)29-15-16-33(48)46(29)31-21-26(36(37,38)39)19-24(3)40-31/h9-14,19-21,29H,1,15-18,22H2,2-8H3,(H,41,47). The summed E-state index contributed by atoms with van der Waals surface area (Å²) in [6, 6.07) is 12.1. The zero-order valence-electron chi connectivity index (χ0n) is 29.1. The number of halogens is 3. The van der Waals surface area contributed by atoms with Gasteiger partial charge in [-0.3, -0.25) is 19.3 Å². The Labute approximate surface area is 285 Å². The van der Waals surface area contributed by atoms with Gasteiger partial charge in [0, 0.05) is 52.9 Å². The molecule has 3 amide bonds. The number of benzene rings is 2. The van der Waals surface area contributed by atoms with E-state index in [0.717, 1.165) is 46.1 Å². The number of alkyl halides is 3. The molecule has 1 aliphatic rings. The van der Waals surface area contributed by atoms with Gasteiger partial charge in [0.2, 0.25) is 17.7 Å². The molecule has 1 unspecified atom stereocenters. The molecule has 1 saturated heterocycles. The van der Waals surface area contributed by atoms with Crippen LogP contribution in [0.5, 0.6) is 0 Å². The molecule has 262 valence electrons. The Morgan fingerprint density at radius 1 is 1.00 bits per heavy atom. The van der Waals surface area contributed by atoms with Gasteiger partial charge >= 0.3 is 6.18 Å². The molecule has 1 fully saturated rings. The van der Waals surface area contributed by atoms with Gasteiger partial charge in [-0.2, -0.15) is 13.2 Å². The number of carbonyl (C=O) groups excluding carboxylic acids is 3. The van der Waals surface area contributed by atoms with Crippen LogP contribution in [-0.2, 0) is 27.1 Å². The summed E-state index contributed by atoms with van der Waals surface area (Å²) in [6.07, 6.45) is -3.25. The molecule has 2 heterocycles. The van der Waals surface area contributed by atoms with E-state index < -0.39 is 29.6 Å². The van der Waals surface area contributed by atoms with E-state index in [1.807, 2.05) is 70.3 Å². The first-order valence-electron chi connectivity index (χ1n) is 15.9. The summed E-state index contributed by atoms with van der Waals surface area (Å²) in [5, 5.41) is 2.89. The number of hydrogen-bond acceptors (Lipinski definition) is 7. The van der Waals surface area contributed by atoms with E-state index in [2.05, 4.69) is 26.7 Å². The van der Waals surface area contributed by atoms with Crippen LogP contribution < -0.4 is 24.9 Å². The SMILES string of the molecule is C=CC(=O)Nc1ccc(CN(C)c2c(C)cccc2N(C)C(=O)C2CCC(=O)N2c2cc(C(F)(F)F)cc(C)n2)cc1N(C)CCN(C)C. The Kier molecular flexibility index (Phi) is 11.4. The molecular weight excluding hydrogens is 635 g/mol. The minimum Gasteiger partial charge on any atom is -0.372 e. The highest BCUT2D eigenvalue weighted by molar-refractivity contribution is 6.09. The quantitative estimate of drug-likeness (QED) is 0.248. The third-order valence-corrected chi connectivity index (χ3v) is 8.52. The van der Waals surface area contributed by atoms with Crippen molar-refractivity contribution in [2.45, 2.75) is 45.5 Å². The third-order valence-electron chi connectivity index (χ3n) is 8.52. The molecule has 1 aliphatic heterocycles. The first-order chi connectivity index (χ1) is 23.0. The van der Waals surface area contributed by atoms with Crippen LogP contribution in [0.15, 0.2) is 61.2 Å². The third kappa shape index (κ3) is 8.58. The number of hydrogen-bond donors (Lipinski definition) is 1. The van der Waals surface area contributed by atoms with Crippen LogP contribution in [0.3, 0.4) is 0 Å². The van der Waals surface area contributed by atoms with Gasteiger partial charge in [0.15, 0.2) is 0 Å². The molecule has 4 rings (SSSR count). The highest BCUT2D eigenvalue weighted by Crippen LogP contribution is 2.37. The largest absolute Gasteiger partial charge is 0.416 e. The van der Waals surface area contributed by atoms with E-state index in [9.17, 15) is 27.6 Å². The van der Waals surface area contributed by atoms with Crippen molar-refractivity contribution in [3.05, 3.63) is 83.6 Å². The molecule has 0 bridgehead atoms. The fraction of sp³-hybridized carbons (Fsp3) is 0.389. The Hall–Kier alpha value is -4.91. The summed E-state index contributed by atoms with van der Waals surface area (Å²) in [6.45, 7) is 8.88. The van der Waals surface area contributed by atoms with Crippen LogP contribution in [0.2, 0.25) is 0 Å². The van der Waals surface area contributed by atoms with E-state index in [4.69, 9.17) is 0 Å². The van der Waals surface area contributed by atoms with Crippen molar-refractivity contribution in [3.63, 3.8) is 0 Å². The number of nitrogens with zero attached hydrogens (tertiary/aromatic N) is 6. The molecule has 0 saturated carbocycles. The highest BCUT2D eigenvalue weighted by atomic mass is 19.4. The van der Waals surface area contributed by atoms with E-state index in [1.165, 1.54) is 17.9 Å². The molecule has 10 nitrogen and oxygen atoms in total. The van der Waals surface area contributed by atoms with Crippen molar-refractivity contribution in [1.82, 2.24) is 9.88 Å². The maximum atomic E-state index is 14.1. The second-order valence-electron chi connectivity index (χ2n) is 12.6. The van der Waals surface area contributed by atoms with Crippen molar-refractivity contribution in [1.29, 1.82) is 0 Å². The number of likely N-dealkylation sites (N-methyl/N-ethyl adjacent to an activating group) is 3. The monoisotopic (exact) mass is 679 g/mol. The zero-order valence-corrected chi connectivity index (χ0v) is 29.1. The minimum absolute atomic E-state index is 0.0103. The molecule has 0 aliphatic carbocycles. The van der Waals surface area contributed by atoms with Gasteiger partial charge in [0.25, 0.3) is 0 Å².